The Morgan fingerprint density at radius 3 is 2.38 bits per heavy atom. The molecule has 0 radical (unpaired) electrons. The minimum atomic E-state index is -0.257. The molecule has 0 bridgehead atoms. The van der Waals surface area contributed by atoms with Gasteiger partial charge in [-0.2, -0.15) is 0 Å². The van der Waals surface area contributed by atoms with Crippen LogP contribution in [0.1, 0.15) is 36.7 Å². The number of nitrogens with one attached hydrogen (secondary N) is 1. The second kappa shape index (κ2) is 9.19. The maximum absolute atomic E-state index is 12.5. The maximum Gasteiger partial charge on any atom is 0.258 e. The van der Waals surface area contributed by atoms with Gasteiger partial charge in [-0.3, -0.25) is 4.79 Å². The lowest BCUT2D eigenvalue weighted by Crippen LogP contribution is -2.20. The third kappa shape index (κ3) is 5.31. The first-order valence-corrected chi connectivity index (χ1v) is 9.70. The largest absolute Gasteiger partial charge is 0.491 e. The summed E-state index contributed by atoms with van der Waals surface area (Å²) in [5.41, 5.74) is 3.27. The van der Waals surface area contributed by atoms with Crippen LogP contribution in [0.25, 0.3) is 0 Å². The molecule has 1 heterocycles. The Labute approximate surface area is 171 Å². The van der Waals surface area contributed by atoms with Crippen molar-refractivity contribution in [2.24, 2.45) is 0 Å². The summed E-state index contributed by atoms with van der Waals surface area (Å²) >= 11 is 0. The number of aryl methyl sites for hydroxylation is 1. The zero-order chi connectivity index (χ0) is 20.8. The van der Waals surface area contributed by atoms with E-state index in [0.717, 1.165) is 18.0 Å². The Balaban J connectivity index is 1.69. The highest BCUT2D eigenvalue weighted by atomic mass is 16.5. The quantitative estimate of drug-likeness (QED) is 0.616. The van der Waals surface area contributed by atoms with E-state index in [1.807, 2.05) is 62.9 Å². The van der Waals surface area contributed by atoms with E-state index in [9.17, 15) is 4.79 Å². The third-order valence-corrected chi connectivity index (χ3v) is 4.26. The van der Waals surface area contributed by atoms with E-state index >= 15 is 0 Å². The number of carbonyl (C=O) groups is 1. The van der Waals surface area contributed by atoms with E-state index in [1.54, 1.807) is 24.5 Å². The summed E-state index contributed by atoms with van der Waals surface area (Å²) < 4.78 is 5.61. The summed E-state index contributed by atoms with van der Waals surface area (Å²) in [7, 11) is 0. The summed E-state index contributed by atoms with van der Waals surface area (Å²) in [6, 6.07) is 15.4. The molecule has 0 spiro atoms. The molecule has 1 amide bonds. The number of rotatable bonds is 7. The SMILES string of the molecule is CCN(c1cccc(C)c1)c1ncc(C(=O)Nc2ccc(OC(C)C)cc2)cn1. The number of benzene rings is 2. The zero-order valence-corrected chi connectivity index (χ0v) is 17.2. The molecule has 0 atom stereocenters. The first kappa shape index (κ1) is 20.3. The van der Waals surface area contributed by atoms with Crippen molar-refractivity contribution in [3.8, 4) is 5.75 Å². The first-order chi connectivity index (χ1) is 14.0. The van der Waals surface area contributed by atoms with Crippen molar-refractivity contribution in [3.63, 3.8) is 0 Å². The van der Waals surface area contributed by atoms with Crippen LogP contribution >= 0.6 is 0 Å². The van der Waals surface area contributed by atoms with E-state index in [2.05, 4.69) is 21.4 Å². The van der Waals surface area contributed by atoms with Gasteiger partial charge in [-0.05, 0) is 69.7 Å². The molecule has 0 saturated heterocycles. The van der Waals surface area contributed by atoms with E-state index in [1.165, 1.54) is 5.56 Å². The minimum absolute atomic E-state index is 0.105. The van der Waals surface area contributed by atoms with Crippen molar-refractivity contribution < 1.29 is 9.53 Å². The van der Waals surface area contributed by atoms with Crippen LogP contribution in [0.15, 0.2) is 60.9 Å². The van der Waals surface area contributed by atoms with Gasteiger partial charge in [0.1, 0.15) is 5.75 Å². The second-order valence-corrected chi connectivity index (χ2v) is 7.00. The maximum atomic E-state index is 12.5. The number of anilines is 3. The van der Waals surface area contributed by atoms with Gasteiger partial charge in [0.05, 0.1) is 11.7 Å². The molecule has 1 aromatic heterocycles. The molecular formula is C23H26N4O2. The van der Waals surface area contributed by atoms with E-state index < -0.39 is 0 Å². The second-order valence-electron chi connectivity index (χ2n) is 7.00. The van der Waals surface area contributed by atoms with Crippen LogP contribution in [0.3, 0.4) is 0 Å². The molecule has 0 aliphatic rings. The van der Waals surface area contributed by atoms with Crippen molar-refractivity contribution in [2.45, 2.75) is 33.8 Å². The summed E-state index contributed by atoms with van der Waals surface area (Å²) in [4.78, 5) is 23.3. The Hall–Kier alpha value is -3.41. The molecule has 2 aromatic carbocycles. The van der Waals surface area contributed by atoms with Gasteiger partial charge in [0, 0.05) is 30.3 Å². The van der Waals surface area contributed by atoms with Crippen molar-refractivity contribution in [2.75, 3.05) is 16.8 Å². The lowest BCUT2D eigenvalue weighted by atomic mass is 10.2. The van der Waals surface area contributed by atoms with Gasteiger partial charge in [0.25, 0.3) is 5.91 Å². The van der Waals surface area contributed by atoms with Gasteiger partial charge in [-0.1, -0.05) is 12.1 Å². The lowest BCUT2D eigenvalue weighted by Gasteiger charge is -2.21. The topological polar surface area (TPSA) is 67.4 Å². The highest BCUT2D eigenvalue weighted by Crippen LogP contribution is 2.23. The van der Waals surface area contributed by atoms with Crippen LogP contribution in [0.5, 0.6) is 5.75 Å². The molecule has 0 aliphatic carbocycles. The molecule has 0 unspecified atom stereocenters. The fraction of sp³-hybridized carbons (Fsp3) is 0.261. The smallest absolute Gasteiger partial charge is 0.258 e. The number of nitrogens with zero attached hydrogens (tertiary/aromatic N) is 3. The molecule has 1 N–H and O–H groups in total. The van der Waals surface area contributed by atoms with Crippen LogP contribution < -0.4 is 15.0 Å². The molecule has 29 heavy (non-hydrogen) atoms. The Bertz CT molecular complexity index is 953. The van der Waals surface area contributed by atoms with Crippen LogP contribution in [-0.4, -0.2) is 28.5 Å². The van der Waals surface area contributed by atoms with Crippen molar-refractivity contribution in [3.05, 3.63) is 72.1 Å². The van der Waals surface area contributed by atoms with Gasteiger partial charge in [0.2, 0.25) is 5.95 Å². The number of amides is 1. The molecule has 0 saturated carbocycles. The minimum Gasteiger partial charge on any atom is -0.491 e. The number of aromatic nitrogens is 2. The molecule has 6 nitrogen and oxygen atoms in total. The Kier molecular flexibility index (Phi) is 6.44. The van der Waals surface area contributed by atoms with E-state index in [-0.39, 0.29) is 12.0 Å². The Morgan fingerprint density at radius 1 is 1.10 bits per heavy atom. The van der Waals surface area contributed by atoms with Crippen LogP contribution in [0.2, 0.25) is 0 Å². The molecule has 0 fully saturated rings. The monoisotopic (exact) mass is 390 g/mol. The predicted molar refractivity (Wildman–Crippen MR) is 116 cm³/mol. The average molecular weight is 390 g/mol. The van der Waals surface area contributed by atoms with Gasteiger partial charge in [-0.25, -0.2) is 9.97 Å². The summed E-state index contributed by atoms with van der Waals surface area (Å²) in [5.74, 6) is 1.07. The Morgan fingerprint density at radius 2 is 1.79 bits per heavy atom. The fourth-order valence-corrected chi connectivity index (χ4v) is 2.91. The number of hydrogen-bond acceptors (Lipinski definition) is 5. The van der Waals surface area contributed by atoms with E-state index in [0.29, 0.717) is 17.2 Å². The average Bonchev–Trinajstić information content (AvgIpc) is 2.70. The van der Waals surface area contributed by atoms with Crippen LogP contribution in [-0.2, 0) is 0 Å². The van der Waals surface area contributed by atoms with Gasteiger partial charge >= 0.3 is 0 Å². The summed E-state index contributed by atoms with van der Waals surface area (Å²) in [5, 5.41) is 2.85. The molecule has 0 aliphatic heterocycles. The normalized spacial score (nSPS) is 10.7. The van der Waals surface area contributed by atoms with Gasteiger partial charge in [-0.15, -0.1) is 0 Å². The van der Waals surface area contributed by atoms with Crippen LogP contribution in [0.4, 0.5) is 17.3 Å². The third-order valence-electron chi connectivity index (χ3n) is 4.26. The molecule has 3 aromatic rings. The highest BCUT2D eigenvalue weighted by molar-refractivity contribution is 6.03. The standard InChI is InChI=1S/C23H26N4O2/c1-5-27(20-8-6-7-17(4)13-20)23-24-14-18(15-25-23)22(28)26-19-9-11-21(12-10-19)29-16(2)3/h6-16H,5H2,1-4H3,(H,26,28). The fourth-order valence-electron chi connectivity index (χ4n) is 2.91. The molecule has 3 rings (SSSR count). The van der Waals surface area contributed by atoms with Crippen LogP contribution in [0, 0.1) is 6.92 Å². The first-order valence-electron chi connectivity index (χ1n) is 9.70. The summed E-state index contributed by atoms with van der Waals surface area (Å²) in [6.07, 6.45) is 3.20. The predicted octanol–water partition coefficient (Wildman–Crippen LogP) is 4.98. The molecule has 6 heteroatoms. The zero-order valence-electron chi connectivity index (χ0n) is 17.2. The van der Waals surface area contributed by atoms with Crippen molar-refractivity contribution >= 4 is 23.2 Å². The lowest BCUT2D eigenvalue weighted by molar-refractivity contribution is 0.102. The molecular weight excluding hydrogens is 364 g/mol. The number of carbonyl (C=O) groups excluding carboxylic acids is 1. The molecule has 150 valence electrons. The van der Waals surface area contributed by atoms with Crippen molar-refractivity contribution in [1.29, 1.82) is 0 Å². The number of ether oxygens (including phenoxy) is 1. The van der Waals surface area contributed by atoms with Crippen molar-refractivity contribution in [1.82, 2.24) is 9.97 Å². The number of hydrogen-bond donors (Lipinski definition) is 1. The van der Waals surface area contributed by atoms with Gasteiger partial charge < -0.3 is 15.0 Å². The van der Waals surface area contributed by atoms with Gasteiger partial charge in [0.15, 0.2) is 0 Å². The summed E-state index contributed by atoms with van der Waals surface area (Å²) in [6.45, 7) is 8.75. The highest BCUT2D eigenvalue weighted by Gasteiger charge is 2.13. The van der Waals surface area contributed by atoms with E-state index in [4.69, 9.17) is 4.74 Å².